The largest absolute Gasteiger partial charge is 0.275 e. The molecule has 18 heavy (non-hydrogen) atoms. The van der Waals surface area contributed by atoms with Crippen LogP contribution < -0.4 is 0 Å². The first-order chi connectivity index (χ1) is 8.63. The molecule has 0 aliphatic carbocycles. The van der Waals surface area contributed by atoms with Crippen LogP contribution in [-0.2, 0) is 6.42 Å². The van der Waals surface area contributed by atoms with Crippen molar-refractivity contribution in [2.24, 2.45) is 0 Å². The van der Waals surface area contributed by atoms with Gasteiger partial charge in [-0.25, -0.2) is 4.68 Å². The zero-order valence-electron chi connectivity index (χ0n) is 9.86. The zero-order chi connectivity index (χ0) is 13.1. The van der Waals surface area contributed by atoms with Gasteiger partial charge in [-0.15, -0.1) is 0 Å². The predicted octanol–water partition coefficient (Wildman–Crippen LogP) is 3.86. The van der Waals surface area contributed by atoms with Crippen molar-refractivity contribution < 1.29 is 4.79 Å². The van der Waals surface area contributed by atoms with E-state index in [1.54, 1.807) is 16.8 Å². The summed E-state index contributed by atoms with van der Waals surface area (Å²) < 4.78 is 1.73. The van der Waals surface area contributed by atoms with Gasteiger partial charge in [0, 0.05) is 5.02 Å². The fourth-order valence-electron chi connectivity index (χ4n) is 1.82. The molecule has 0 radical (unpaired) electrons. The van der Waals surface area contributed by atoms with Crippen LogP contribution in [0.3, 0.4) is 0 Å². The quantitative estimate of drug-likeness (QED) is 0.799. The molecule has 0 bridgehead atoms. The van der Waals surface area contributed by atoms with Gasteiger partial charge in [-0.1, -0.05) is 24.9 Å². The minimum atomic E-state index is -0.473. The second kappa shape index (κ2) is 5.55. The molecule has 5 heteroatoms. The van der Waals surface area contributed by atoms with Gasteiger partial charge in [0.15, 0.2) is 0 Å². The number of rotatable bonds is 4. The molecule has 0 saturated carbocycles. The molecule has 0 saturated heterocycles. The van der Waals surface area contributed by atoms with Crippen LogP contribution in [0.25, 0.3) is 5.69 Å². The summed E-state index contributed by atoms with van der Waals surface area (Å²) >= 11 is 11.4. The van der Waals surface area contributed by atoms with E-state index in [1.807, 2.05) is 19.1 Å². The number of carbonyl (C=O) groups excluding carboxylic acids is 1. The van der Waals surface area contributed by atoms with Gasteiger partial charge in [-0.2, -0.15) is 5.10 Å². The summed E-state index contributed by atoms with van der Waals surface area (Å²) in [5.41, 5.74) is 2.17. The molecule has 1 aromatic carbocycles. The third kappa shape index (κ3) is 2.57. The van der Waals surface area contributed by atoms with Crippen molar-refractivity contribution in [1.82, 2.24) is 9.78 Å². The summed E-state index contributed by atoms with van der Waals surface area (Å²) in [6, 6.07) is 7.29. The molecule has 1 heterocycles. The number of carbonyl (C=O) groups is 1. The number of benzene rings is 1. The van der Waals surface area contributed by atoms with Crippen LogP contribution >= 0.6 is 23.2 Å². The average Bonchev–Trinajstić information content (AvgIpc) is 2.74. The minimum absolute atomic E-state index is 0.466. The Morgan fingerprint density at radius 3 is 2.56 bits per heavy atom. The van der Waals surface area contributed by atoms with Gasteiger partial charge in [0.05, 0.1) is 23.1 Å². The van der Waals surface area contributed by atoms with E-state index in [0.29, 0.717) is 10.6 Å². The van der Waals surface area contributed by atoms with E-state index >= 15 is 0 Å². The van der Waals surface area contributed by atoms with Crippen LogP contribution in [0.15, 0.2) is 30.5 Å². The number of halogens is 2. The lowest BCUT2D eigenvalue weighted by molar-refractivity contribution is 0.108. The highest BCUT2D eigenvalue weighted by Gasteiger charge is 2.15. The lowest BCUT2D eigenvalue weighted by Gasteiger charge is -2.07. The van der Waals surface area contributed by atoms with E-state index in [2.05, 4.69) is 5.10 Å². The molecular formula is C13H12Cl2N2O. The van der Waals surface area contributed by atoms with Gasteiger partial charge < -0.3 is 0 Å². The minimum Gasteiger partial charge on any atom is -0.275 e. The molecule has 2 rings (SSSR count). The van der Waals surface area contributed by atoms with Gasteiger partial charge in [-0.05, 0) is 42.3 Å². The van der Waals surface area contributed by atoms with E-state index in [4.69, 9.17) is 23.2 Å². The molecule has 94 valence electrons. The first kappa shape index (κ1) is 13.1. The SMILES string of the molecule is CCCc1c(C(=O)Cl)cnn1-c1ccc(Cl)cc1. The highest BCUT2D eigenvalue weighted by atomic mass is 35.5. The highest BCUT2D eigenvalue weighted by Crippen LogP contribution is 2.20. The third-order valence-electron chi connectivity index (χ3n) is 2.64. The van der Waals surface area contributed by atoms with E-state index < -0.39 is 5.24 Å². The Hall–Kier alpha value is -1.32. The number of hydrogen-bond donors (Lipinski definition) is 0. The van der Waals surface area contributed by atoms with Crippen LogP contribution in [0.4, 0.5) is 0 Å². The topological polar surface area (TPSA) is 34.9 Å². The van der Waals surface area contributed by atoms with Crippen molar-refractivity contribution >= 4 is 28.4 Å². The summed E-state index contributed by atoms with van der Waals surface area (Å²) in [7, 11) is 0. The average molecular weight is 283 g/mol. The molecule has 0 spiro atoms. The number of nitrogens with zero attached hydrogens (tertiary/aromatic N) is 2. The molecule has 0 aliphatic heterocycles. The molecule has 0 unspecified atom stereocenters. The van der Waals surface area contributed by atoms with Crippen molar-refractivity contribution in [2.75, 3.05) is 0 Å². The van der Waals surface area contributed by atoms with E-state index in [1.165, 1.54) is 6.20 Å². The second-order valence-corrected chi connectivity index (χ2v) is 4.70. The predicted molar refractivity (Wildman–Crippen MR) is 72.8 cm³/mol. The fourth-order valence-corrected chi connectivity index (χ4v) is 2.10. The van der Waals surface area contributed by atoms with E-state index in [-0.39, 0.29) is 0 Å². The van der Waals surface area contributed by atoms with Gasteiger partial charge in [-0.3, -0.25) is 4.79 Å². The normalized spacial score (nSPS) is 10.6. The molecule has 0 amide bonds. The van der Waals surface area contributed by atoms with Crippen molar-refractivity contribution in [3.63, 3.8) is 0 Å². The van der Waals surface area contributed by atoms with Crippen LogP contribution in [0.5, 0.6) is 0 Å². The molecule has 1 aromatic heterocycles. The van der Waals surface area contributed by atoms with Crippen molar-refractivity contribution in [3.8, 4) is 5.69 Å². The summed E-state index contributed by atoms with van der Waals surface area (Å²) in [5.74, 6) is 0. The second-order valence-electron chi connectivity index (χ2n) is 3.92. The Morgan fingerprint density at radius 2 is 2.00 bits per heavy atom. The summed E-state index contributed by atoms with van der Waals surface area (Å²) in [5, 5.41) is 4.41. The first-order valence-electron chi connectivity index (χ1n) is 5.66. The number of hydrogen-bond acceptors (Lipinski definition) is 2. The Balaban J connectivity index is 2.50. The maximum Gasteiger partial charge on any atom is 0.255 e. The monoisotopic (exact) mass is 282 g/mol. The third-order valence-corrected chi connectivity index (χ3v) is 3.09. The van der Waals surface area contributed by atoms with Gasteiger partial charge in [0.2, 0.25) is 0 Å². The Kier molecular flexibility index (Phi) is 4.04. The van der Waals surface area contributed by atoms with Crippen LogP contribution in [0.1, 0.15) is 29.4 Å². The summed E-state index contributed by atoms with van der Waals surface area (Å²) in [6.45, 7) is 2.04. The van der Waals surface area contributed by atoms with Crippen LogP contribution in [-0.4, -0.2) is 15.0 Å². The van der Waals surface area contributed by atoms with Crippen molar-refractivity contribution in [1.29, 1.82) is 0 Å². The maximum absolute atomic E-state index is 11.3. The zero-order valence-corrected chi connectivity index (χ0v) is 11.4. The summed E-state index contributed by atoms with van der Waals surface area (Å²) in [4.78, 5) is 11.3. The van der Waals surface area contributed by atoms with Crippen molar-refractivity contribution in [3.05, 3.63) is 46.7 Å². The summed E-state index contributed by atoms with van der Waals surface area (Å²) in [6.07, 6.45) is 3.17. The van der Waals surface area contributed by atoms with Gasteiger partial charge in [0.25, 0.3) is 5.24 Å². The molecule has 0 fully saturated rings. The molecular weight excluding hydrogens is 271 g/mol. The fraction of sp³-hybridized carbons (Fsp3) is 0.231. The lowest BCUT2D eigenvalue weighted by Crippen LogP contribution is -2.04. The molecule has 2 aromatic rings. The molecule has 0 atom stereocenters. The highest BCUT2D eigenvalue weighted by molar-refractivity contribution is 6.67. The Bertz CT molecular complexity index is 561. The van der Waals surface area contributed by atoms with E-state index in [0.717, 1.165) is 24.2 Å². The van der Waals surface area contributed by atoms with E-state index in [9.17, 15) is 4.79 Å². The molecule has 0 N–H and O–H groups in total. The van der Waals surface area contributed by atoms with Crippen molar-refractivity contribution in [2.45, 2.75) is 19.8 Å². The first-order valence-corrected chi connectivity index (χ1v) is 6.41. The number of aromatic nitrogens is 2. The Morgan fingerprint density at radius 1 is 1.33 bits per heavy atom. The Labute approximate surface area is 115 Å². The smallest absolute Gasteiger partial charge is 0.255 e. The molecule has 0 aliphatic rings. The molecule has 3 nitrogen and oxygen atoms in total. The lowest BCUT2D eigenvalue weighted by atomic mass is 10.1. The maximum atomic E-state index is 11.3. The standard InChI is InChI=1S/C13H12Cl2N2O/c1-2-3-12-11(13(15)18)8-16-17(12)10-6-4-9(14)5-7-10/h4-8H,2-3H2,1H3. The van der Waals surface area contributed by atoms with Gasteiger partial charge in [0.1, 0.15) is 0 Å². The van der Waals surface area contributed by atoms with Crippen LogP contribution in [0, 0.1) is 0 Å². The van der Waals surface area contributed by atoms with Crippen LogP contribution in [0.2, 0.25) is 5.02 Å². The van der Waals surface area contributed by atoms with Gasteiger partial charge >= 0.3 is 0 Å².